The largest absolute Gasteiger partial charge is 0.480 e. The van der Waals surface area contributed by atoms with Crippen LogP contribution in [-0.2, 0) is 14.8 Å². The second kappa shape index (κ2) is 5.78. The van der Waals surface area contributed by atoms with Crippen molar-refractivity contribution in [2.75, 3.05) is 7.05 Å². The van der Waals surface area contributed by atoms with Gasteiger partial charge in [-0.25, -0.2) is 8.42 Å². The topological polar surface area (TPSA) is 118 Å². The van der Waals surface area contributed by atoms with Crippen LogP contribution in [0.1, 0.15) is 18.1 Å². The number of nitro benzene ring substituents is 1. The number of rotatable bonds is 5. The summed E-state index contributed by atoms with van der Waals surface area (Å²) in [6.45, 7) is 4.27. The van der Waals surface area contributed by atoms with Crippen molar-refractivity contribution in [1.29, 1.82) is 0 Å². The van der Waals surface area contributed by atoms with E-state index in [-0.39, 0.29) is 5.56 Å². The van der Waals surface area contributed by atoms with Gasteiger partial charge in [-0.1, -0.05) is 6.07 Å². The number of aliphatic carboxylic acids is 1. The van der Waals surface area contributed by atoms with Crippen LogP contribution in [0.3, 0.4) is 0 Å². The monoisotopic (exact) mass is 316 g/mol. The first-order chi connectivity index (χ1) is 9.51. The molecule has 21 heavy (non-hydrogen) atoms. The van der Waals surface area contributed by atoms with Gasteiger partial charge in [-0.15, -0.1) is 0 Å². The first-order valence-corrected chi connectivity index (χ1v) is 7.41. The maximum atomic E-state index is 12.5. The van der Waals surface area contributed by atoms with E-state index in [2.05, 4.69) is 0 Å². The normalized spacial score (nSPS) is 13.2. The Hall–Kier alpha value is -2.00. The van der Waals surface area contributed by atoms with Crippen molar-refractivity contribution in [2.24, 2.45) is 0 Å². The highest BCUT2D eigenvalue weighted by molar-refractivity contribution is 7.89. The minimum atomic E-state index is -4.30. The number of nitrogens with zero attached hydrogens (tertiary/aromatic N) is 2. The molecule has 1 unspecified atom stereocenters. The second-order valence-electron chi connectivity index (χ2n) is 4.65. The lowest BCUT2D eigenvalue weighted by Gasteiger charge is -2.22. The number of nitro groups is 1. The Morgan fingerprint density at radius 3 is 2.33 bits per heavy atom. The Balaban J connectivity index is 3.62. The predicted molar refractivity (Wildman–Crippen MR) is 74.6 cm³/mol. The molecule has 0 saturated heterocycles. The molecule has 0 amide bonds. The van der Waals surface area contributed by atoms with Gasteiger partial charge in [0.1, 0.15) is 6.04 Å². The van der Waals surface area contributed by atoms with Gasteiger partial charge in [0.05, 0.1) is 4.92 Å². The third-order valence-corrected chi connectivity index (χ3v) is 5.50. The Kier molecular flexibility index (Phi) is 4.69. The van der Waals surface area contributed by atoms with E-state index in [9.17, 15) is 23.3 Å². The first-order valence-electron chi connectivity index (χ1n) is 5.97. The van der Waals surface area contributed by atoms with Gasteiger partial charge in [-0.05, 0) is 31.9 Å². The molecule has 1 aromatic carbocycles. The lowest BCUT2D eigenvalue weighted by Crippen LogP contribution is -2.40. The van der Waals surface area contributed by atoms with E-state index in [1.807, 2.05) is 0 Å². The summed E-state index contributed by atoms with van der Waals surface area (Å²) in [5, 5.41) is 20.0. The third kappa shape index (κ3) is 3.03. The molecule has 1 N–H and O–H groups in total. The number of carboxylic acid groups (broad SMARTS) is 1. The van der Waals surface area contributed by atoms with Crippen LogP contribution < -0.4 is 0 Å². The number of carboxylic acids is 1. The van der Waals surface area contributed by atoms with E-state index in [0.717, 1.165) is 13.1 Å². The summed E-state index contributed by atoms with van der Waals surface area (Å²) < 4.78 is 25.7. The summed E-state index contributed by atoms with van der Waals surface area (Å²) in [5.41, 5.74) is 0.228. The van der Waals surface area contributed by atoms with Gasteiger partial charge in [0.25, 0.3) is 15.7 Å². The minimum absolute atomic E-state index is 0.230. The summed E-state index contributed by atoms with van der Waals surface area (Å²) >= 11 is 0. The van der Waals surface area contributed by atoms with Gasteiger partial charge >= 0.3 is 5.97 Å². The number of hydrogen-bond donors (Lipinski definition) is 1. The fourth-order valence-corrected chi connectivity index (χ4v) is 3.50. The molecule has 0 bridgehead atoms. The molecule has 1 aromatic rings. The van der Waals surface area contributed by atoms with Crippen LogP contribution in [0.4, 0.5) is 5.69 Å². The summed E-state index contributed by atoms with van der Waals surface area (Å²) in [7, 11) is -3.22. The van der Waals surface area contributed by atoms with E-state index >= 15 is 0 Å². The molecule has 8 nitrogen and oxygen atoms in total. The second-order valence-corrected chi connectivity index (χ2v) is 6.58. The number of benzene rings is 1. The van der Waals surface area contributed by atoms with Crippen LogP contribution in [0.5, 0.6) is 0 Å². The minimum Gasteiger partial charge on any atom is -0.480 e. The number of aryl methyl sites for hydroxylation is 1. The third-order valence-electron chi connectivity index (χ3n) is 3.39. The Bertz CT molecular complexity index is 698. The maximum Gasteiger partial charge on any atom is 0.321 e. The van der Waals surface area contributed by atoms with E-state index in [4.69, 9.17) is 5.11 Å². The van der Waals surface area contributed by atoms with Crippen molar-refractivity contribution in [2.45, 2.75) is 31.7 Å². The molecule has 0 heterocycles. The van der Waals surface area contributed by atoms with E-state index < -0.39 is 37.5 Å². The standard InChI is InChI=1S/C12H16N2O6S/c1-7-5-6-10(14(17)18)11(8(7)2)21(19,20)13(4)9(3)12(15)16/h5-6,9H,1-4H3,(H,15,16). The van der Waals surface area contributed by atoms with Crippen molar-refractivity contribution in [3.8, 4) is 0 Å². The van der Waals surface area contributed by atoms with Gasteiger partial charge in [-0.2, -0.15) is 4.31 Å². The van der Waals surface area contributed by atoms with Crippen LogP contribution in [0, 0.1) is 24.0 Å². The summed E-state index contributed by atoms with van der Waals surface area (Å²) in [4.78, 5) is 20.8. The van der Waals surface area contributed by atoms with Gasteiger partial charge in [0.2, 0.25) is 0 Å². The van der Waals surface area contributed by atoms with Crippen LogP contribution in [0.2, 0.25) is 0 Å². The maximum absolute atomic E-state index is 12.5. The predicted octanol–water partition coefficient (Wildman–Crippen LogP) is 1.31. The number of hydrogen-bond acceptors (Lipinski definition) is 5. The molecule has 0 aliphatic heterocycles. The highest BCUT2D eigenvalue weighted by Gasteiger charge is 2.36. The fourth-order valence-electron chi connectivity index (χ4n) is 1.75. The smallest absolute Gasteiger partial charge is 0.321 e. The molecule has 0 spiro atoms. The molecule has 0 aliphatic rings. The zero-order valence-corrected chi connectivity index (χ0v) is 12.8. The van der Waals surface area contributed by atoms with E-state index in [1.165, 1.54) is 19.9 Å². The highest BCUT2D eigenvalue weighted by atomic mass is 32.2. The highest BCUT2D eigenvalue weighted by Crippen LogP contribution is 2.31. The van der Waals surface area contributed by atoms with Crippen molar-refractivity contribution in [3.63, 3.8) is 0 Å². The molecule has 9 heteroatoms. The summed E-state index contributed by atoms with van der Waals surface area (Å²) in [6.07, 6.45) is 0. The molecule has 0 aliphatic carbocycles. The van der Waals surface area contributed by atoms with Crippen LogP contribution in [0.15, 0.2) is 17.0 Å². The van der Waals surface area contributed by atoms with Crippen LogP contribution in [0.25, 0.3) is 0 Å². The zero-order valence-electron chi connectivity index (χ0n) is 12.0. The molecule has 0 aromatic heterocycles. The van der Waals surface area contributed by atoms with Crippen LogP contribution >= 0.6 is 0 Å². The molecular formula is C12H16N2O6S. The SMILES string of the molecule is Cc1ccc([N+](=O)[O-])c(S(=O)(=O)N(C)C(C)C(=O)O)c1C. The van der Waals surface area contributed by atoms with Crippen LogP contribution in [-0.4, -0.2) is 41.8 Å². The molecule has 0 saturated carbocycles. The molecule has 116 valence electrons. The van der Waals surface area contributed by atoms with Gasteiger partial charge in [0, 0.05) is 13.1 Å². The molecule has 1 atom stereocenters. The van der Waals surface area contributed by atoms with E-state index in [0.29, 0.717) is 9.87 Å². The number of sulfonamides is 1. The van der Waals surface area contributed by atoms with Crippen molar-refractivity contribution >= 4 is 21.7 Å². The van der Waals surface area contributed by atoms with Gasteiger partial charge < -0.3 is 5.11 Å². The van der Waals surface area contributed by atoms with Gasteiger partial charge in [-0.3, -0.25) is 14.9 Å². The molecular weight excluding hydrogens is 300 g/mol. The first kappa shape index (κ1) is 17.1. The lowest BCUT2D eigenvalue weighted by atomic mass is 10.1. The molecule has 1 rings (SSSR count). The quantitative estimate of drug-likeness (QED) is 0.646. The number of carbonyl (C=O) groups is 1. The fraction of sp³-hybridized carbons (Fsp3) is 0.417. The summed E-state index contributed by atoms with van der Waals surface area (Å²) in [6, 6.07) is 1.22. The Morgan fingerprint density at radius 2 is 1.90 bits per heavy atom. The lowest BCUT2D eigenvalue weighted by molar-refractivity contribution is -0.388. The Morgan fingerprint density at radius 1 is 1.38 bits per heavy atom. The van der Waals surface area contributed by atoms with Gasteiger partial charge in [0.15, 0.2) is 4.90 Å². The molecule has 0 radical (unpaired) electrons. The molecule has 0 fully saturated rings. The zero-order chi connectivity index (χ0) is 16.5. The Labute approximate surface area is 122 Å². The number of likely N-dealkylation sites (N-methyl/N-ethyl adjacent to an activating group) is 1. The average Bonchev–Trinajstić information content (AvgIpc) is 2.38. The van der Waals surface area contributed by atoms with Crippen molar-refractivity contribution in [3.05, 3.63) is 33.4 Å². The van der Waals surface area contributed by atoms with Crippen molar-refractivity contribution in [1.82, 2.24) is 4.31 Å². The van der Waals surface area contributed by atoms with Crippen molar-refractivity contribution < 1.29 is 23.2 Å². The van der Waals surface area contributed by atoms with E-state index in [1.54, 1.807) is 6.92 Å². The summed E-state index contributed by atoms with van der Waals surface area (Å²) in [5.74, 6) is -1.34. The average molecular weight is 316 g/mol.